The molecule has 0 heterocycles. The summed E-state index contributed by atoms with van der Waals surface area (Å²) >= 11 is 0. The van der Waals surface area contributed by atoms with Crippen LogP contribution >= 0.6 is 24.0 Å². The number of methoxy groups -OCH3 is 1. The van der Waals surface area contributed by atoms with E-state index < -0.39 is 18.3 Å². The Labute approximate surface area is 199 Å². The summed E-state index contributed by atoms with van der Waals surface area (Å²) in [6.45, 7) is 6.35. The summed E-state index contributed by atoms with van der Waals surface area (Å²) in [6, 6.07) is 4.77. The SMILES string of the molecule is CCNC(=NCc1ccc(OC)c(OC(F)F)c1)NCCCNC(=O)OC(C)(C)C.I. The predicted octanol–water partition coefficient (Wildman–Crippen LogP) is 3.88. The zero-order valence-electron chi connectivity index (χ0n) is 18.6. The summed E-state index contributed by atoms with van der Waals surface area (Å²) in [5, 5.41) is 8.94. The van der Waals surface area contributed by atoms with E-state index in [0.29, 0.717) is 37.6 Å². The summed E-state index contributed by atoms with van der Waals surface area (Å²) in [5.41, 5.74) is 0.157. The minimum atomic E-state index is -2.94. The van der Waals surface area contributed by atoms with Crippen LogP contribution < -0.4 is 25.4 Å². The predicted molar refractivity (Wildman–Crippen MR) is 127 cm³/mol. The molecule has 0 bridgehead atoms. The molecule has 31 heavy (non-hydrogen) atoms. The van der Waals surface area contributed by atoms with Crippen LogP contribution in [0.3, 0.4) is 0 Å². The number of carbonyl (C=O) groups is 1. The average molecular weight is 558 g/mol. The number of amides is 1. The van der Waals surface area contributed by atoms with Gasteiger partial charge in [-0.25, -0.2) is 9.79 Å². The Kier molecular flexibility index (Phi) is 13.9. The molecule has 0 aliphatic heterocycles. The normalized spacial score (nSPS) is 11.4. The zero-order valence-corrected chi connectivity index (χ0v) is 20.9. The maximum atomic E-state index is 12.6. The van der Waals surface area contributed by atoms with Crippen LogP contribution in [0.2, 0.25) is 0 Å². The molecule has 0 radical (unpaired) electrons. The molecule has 0 atom stereocenters. The Morgan fingerprint density at radius 1 is 1.13 bits per heavy atom. The van der Waals surface area contributed by atoms with E-state index in [0.717, 1.165) is 0 Å². The lowest BCUT2D eigenvalue weighted by Crippen LogP contribution is -2.39. The molecule has 1 aromatic rings. The van der Waals surface area contributed by atoms with E-state index in [1.807, 2.05) is 6.92 Å². The lowest BCUT2D eigenvalue weighted by molar-refractivity contribution is -0.0512. The summed E-state index contributed by atoms with van der Waals surface area (Å²) in [7, 11) is 1.39. The van der Waals surface area contributed by atoms with Crippen molar-refractivity contribution in [1.82, 2.24) is 16.0 Å². The van der Waals surface area contributed by atoms with E-state index in [1.54, 1.807) is 32.9 Å². The Morgan fingerprint density at radius 2 is 1.81 bits per heavy atom. The van der Waals surface area contributed by atoms with Crippen LogP contribution in [0.25, 0.3) is 0 Å². The fourth-order valence-electron chi connectivity index (χ4n) is 2.32. The summed E-state index contributed by atoms with van der Waals surface area (Å²) in [6.07, 6.45) is 0.211. The van der Waals surface area contributed by atoms with Crippen molar-refractivity contribution in [3.63, 3.8) is 0 Å². The first-order chi connectivity index (χ1) is 14.1. The van der Waals surface area contributed by atoms with Crippen LogP contribution in [0.4, 0.5) is 13.6 Å². The fourth-order valence-corrected chi connectivity index (χ4v) is 2.32. The van der Waals surface area contributed by atoms with Gasteiger partial charge in [0.25, 0.3) is 0 Å². The van der Waals surface area contributed by atoms with Crippen LogP contribution in [0, 0.1) is 0 Å². The van der Waals surface area contributed by atoms with Crippen molar-refractivity contribution >= 4 is 36.0 Å². The molecule has 3 N–H and O–H groups in total. The second-order valence-corrected chi connectivity index (χ2v) is 7.27. The maximum Gasteiger partial charge on any atom is 0.407 e. The van der Waals surface area contributed by atoms with E-state index in [2.05, 4.69) is 25.7 Å². The molecule has 0 spiro atoms. The molecule has 178 valence electrons. The smallest absolute Gasteiger partial charge is 0.407 e. The summed E-state index contributed by atoms with van der Waals surface area (Å²) < 4.78 is 39.8. The molecule has 11 heteroatoms. The van der Waals surface area contributed by atoms with Crippen LogP contribution in [-0.4, -0.2) is 51.0 Å². The molecule has 0 fully saturated rings. The van der Waals surface area contributed by atoms with Gasteiger partial charge in [-0.05, 0) is 51.8 Å². The number of benzene rings is 1. The van der Waals surface area contributed by atoms with E-state index in [4.69, 9.17) is 9.47 Å². The highest BCUT2D eigenvalue weighted by Gasteiger charge is 2.15. The summed E-state index contributed by atoms with van der Waals surface area (Å²) in [4.78, 5) is 16.0. The van der Waals surface area contributed by atoms with Crippen LogP contribution in [0.5, 0.6) is 11.5 Å². The molecule has 1 aromatic carbocycles. The largest absolute Gasteiger partial charge is 0.493 e. The van der Waals surface area contributed by atoms with Crippen molar-refractivity contribution in [2.75, 3.05) is 26.7 Å². The van der Waals surface area contributed by atoms with Gasteiger partial charge in [-0.3, -0.25) is 0 Å². The standard InChI is InChI=1S/C20H32F2N4O4.HI/c1-6-23-18(24-10-7-11-25-19(27)30-20(2,3)4)26-13-14-8-9-15(28-5)16(12-14)29-17(21)22;/h8-9,12,17H,6-7,10-11,13H2,1-5H3,(H,25,27)(H2,23,24,26);1H. The quantitative estimate of drug-likeness (QED) is 0.175. The van der Waals surface area contributed by atoms with Gasteiger partial charge in [-0.2, -0.15) is 8.78 Å². The number of hydrogen-bond donors (Lipinski definition) is 3. The van der Waals surface area contributed by atoms with Crippen LogP contribution in [0.15, 0.2) is 23.2 Å². The van der Waals surface area contributed by atoms with Crippen LogP contribution in [-0.2, 0) is 11.3 Å². The zero-order chi connectivity index (χ0) is 22.6. The Hall–Kier alpha value is -2.05. The number of halogens is 3. The number of nitrogens with one attached hydrogen (secondary N) is 3. The number of carbonyl (C=O) groups excluding carboxylic acids is 1. The van der Waals surface area contributed by atoms with E-state index in [1.165, 1.54) is 13.2 Å². The summed E-state index contributed by atoms with van der Waals surface area (Å²) in [5.74, 6) is 0.763. The Morgan fingerprint density at radius 3 is 2.39 bits per heavy atom. The number of hydrogen-bond acceptors (Lipinski definition) is 5. The number of aliphatic imine (C=N–C) groups is 1. The highest BCUT2D eigenvalue weighted by Crippen LogP contribution is 2.29. The van der Waals surface area contributed by atoms with Gasteiger partial charge in [0, 0.05) is 19.6 Å². The first-order valence-electron chi connectivity index (χ1n) is 9.75. The van der Waals surface area contributed by atoms with Crippen molar-refractivity contribution in [3.8, 4) is 11.5 Å². The van der Waals surface area contributed by atoms with Gasteiger partial charge in [0.1, 0.15) is 5.60 Å². The van der Waals surface area contributed by atoms with Gasteiger partial charge in [0.05, 0.1) is 13.7 Å². The van der Waals surface area contributed by atoms with Crippen molar-refractivity contribution in [2.24, 2.45) is 4.99 Å². The number of rotatable bonds is 10. The minimum absolute atomic E-state index is 0. The third-order valence-electron chi connectivity index (χ3n) is 3.52. The molecule has 0 unspecified atom stereocenters. The third-order valence-corrected chi connectivity index (χ3v) is 3.52. The van der Waals surface area contributed by atoms with Gasteiger partial charge in [-0.15, -0.1) is 24.0 Å². The Bertz CT molecular complexity index is 700. The van der Waals surface area contributed by atoms with Crippen molar-refractivity contribution in [1.29, 1.82) is 0 Å². The van der Waals surface area contributed by atoms with Crippen LogP contribution in [0.1, 0.15) is 39.7 Å². The molecular weight excluding hydrogens is 525 g/mol. The molecule has 0 aliphatic carbocycles. The molecule has 0 aliphatic rings. The number of alkyl halides is 2. The second kappa shape index (κ2) is 14.9. The molecular formula is C20H33F2IN4O4. The van der Waals surface area contributed by atoms with Gasteiger partial charge < -0.3 is 30.2 Å². The number of alkyl carbamates (subject to hydrolysis) is 1. The third kappa shape index (κ3) is 13.1. The first kappa shape index (κ1) is 28.9. The van der Waals surface area contributed by atoms with Gasteiger partial charge in [0.15, 0.2) is 17.5 Å². The highest BCUT2D eigenvalue weighted by atomic mass is 127. The second-order valence-electron chi connectivity index (χ2n) is 7.27. The molecule has 0 aromatic heterocycles. The molecule has 0 saturated carbocycles. The molecule has 1 rings (SSSR count). The van der Waals surface area contributed by atoms with E-state index >= 15 is 0 Å². The minimum Gasteiger partial charge on any atom is -0.493 e. The monoisotopic (exact) mass is 558 g/mol. The highest BCUT2D eigenvalue weighted by molar-refractivity contribution is 14.0. The lowest BCUT2D eigenvalue weighted by Gasteiger charge is -2.19. The first-order valence-corrected chi connectivity index (χ1v) is 9.75. The van der Waals surface area contributed by atoms with Gasteiger partial charge in [0.2, 0.25) is 0 Å². The number of nitrogens with zero attached hydrogens (tertiary/aromatic N) is 1. The van der Waals surface area contributed by atoms with Crippen molar-refractivity contribution in [2.45, 2.75) is 52.9 Å². The van der Waals surface area contributed by atoms with E-state index in [9.17, 15) is 13.6 Å². The number of guanidine groups is 1. The fraction of sp³-hybridized carbons (Fsp3) is 0.600. The van der Waals surface area contributed by atoms with Crippen molar-refractivity contribution < 1.29 is 27.8 Å². The lowest BCUT2D eigenvalue weighted by atomic mass is 10.2. The Balaban J connectivity index is 0.00000900. The van der Waals surface area contributed by atoms with Gasteiger partial charge >= 0.3 is 12.7 Å². The average Bonchev–Trinajstić information content (AvgIpc) is 2.64. The van der Waals surface area contributed by atoms with Gasteiger partial charge in [-0.1, -0.05) is 6.07 Å². The van der Waals surface area contributed by atoms with Crippen molar-refractivity contribution in [3.05, 3.63) is 23.8 Å². The maximum absolute atomic E-state index is 12.6. The molecule has 0 saturated heterocycles. The number of ether oxygens (including phenoxy) is 3. The topological polar surface area (TPSA) is 93.2 Å². The molecule has 1 amide bonds. The van der Waals surface area contributed by atoms with E-state index in [-0.39, 0.29) is 42.0 Å². The molecule has 8 nitrogen and oxygen atoms in total.